The molecule has 0 atom stereocenters. The third-order valence-electron chi connectivity index (χ3n) is 2.54. The van der Waals surface area contributed by atoms with Crippen molar-refractivity contribution in [1.29, 1.82) is 0 Å². The maximum atomic E-state index is 12.1. The van der Waals surface area contributed by atoms with Crippen molar-refractivity contribution >= 4 is 24.2 Å². The summed E-state index contributed by atoms with van der Waals surface area (Å²) >= 11 is 4.22. The van der Waals surface area contributed by atoms with Crippen molar-refractivity contribution in [2.24, 2.45) is 0 Å². The van der Waals surface area contributed by atoms with Crippen LogP contribution >= 0.6 is 12.6 Å². The van der Waals surface area contributed by atoms with Crippen LogP contribution < -0.4 is 10.1 Å². The first kappa shape index (κ1) is 13.5. The summed E-state index contributed by atoms with van der Waals surface area (Å²) in [5, 5.41) is 2.84. The molecule has 4 heteroatoms. The Bertz CT molecular complexity index is 584. The van der Waals surface area contributed by atoms with E-state index in [1.807, 2.05) is 37.3 Å². The van der Waals surface area contributed by atoms with Crippen LogP contribution in [0.4, 0.5) is 5.69 Å². The van der Waals surface area contributed by atoms with Crippen molar-refractivity contribution in [3.63, 3.8) is 0 Å². The number of hydrogen-bond donors (Lipinski definition) is 2. The number of amides is 1. The molecule has 0 aliphatic rings. The van der Waals surface area contributed by atoms with E-state index in [9.17, 15) is 4.79 Å². The summed E-state index contributed by atoms with van der Waals surface area (Å²) in [5.74, 6) is 0.489. The molecule has 98 valence electrons. The zero-order chi connectivity index (χ0) is 13.7. The molecule has 0 spiro atoms. The molecule has 0 bridgehead atoms. The molecule has 0 aliphatic carbocycles. The summed E-state index contributed by atoms with van der Waals surface area (Å²) in [6, 6.07) is 14.5. The van der Waals surface area contributed by atoms with Gasteiger partial charge in [0.15, 0.2) is 0 Å². The second kappa shape index (κ2) is 6.29. The van der Waals surface area contributed by atoms with Crippen molar-refractivity contribution < 1.29 is 9.53 Å². The molecule has 0 unspecified atom stereocenters. The Labute approximate surface area is 118 Å². The summed E-state index contributed by atoms with van der Waals surface area (Å²) in [6.07, 6.45) is 0. The molecule has 2 rings (SSSR count). The predicted molar refractivity (Wildman–Crippen MR) is 79.3 cm³/mol. The summed E-state index contributed by atoms with van der Waals surface area (Å²) in [6.45, 7) is 2.46. The smallest absolute Gasteiger partial charge is 0.255 e. The Hall–Kier alpha value is -1.94. The minimum absolute atomic E-state index is 0.178. The molecule has 0 saturated carbocycles. The van der Waals surface area contributed by atoms with Crippen molar-refractivity contribution in [1.82, 2.24) is 0 Å². The summed E-state index contributed by atoms with van der Waals surface area (Å²) in [4.78, 5) is 12.9. The monoisotopic (exact) mass is 273 g/mol. The van der Waals surface area contributed by atoms with Gasteiger partial charge < -0.3 is 10.1 Å². The molecule has 0 radical (unpaired) electrons. The lowest BCUT2D eigenvalue weighted by Crippen LogP contribution is -2.12. The zero-order valence-corrected chi connectivity index (χ0v) is 11.5. The minimum atomic E-state index is -0.178. The van der Waals surface area contributed by atoms with E-state index in [4.69, 9.17) is 4.74 Å². The molecule has 0 heterocycles. The van der Waals surface area contributed by atoms with Crippen LogP contribution in [0, 0.1) is 0 Å². The molecule has 3 nitrogen and oxygen atoms in total. The molecule has 0 saturated heterocycles. The van der Waals surface area contributed by atoms with Gasteiger partial charge in [-0.15, -0.1) is 12.6 Å². The Morgan fingerprint density at radius 3 is 2.74 bits per heavy atom. The third kappa shape index (κ3) is 3.51. The molecule has 0 fully saturated rings. The molecule has 2 aromatic rings. The number of thiol groups is 1. The molecule has 1 N–H and O–H groups in total. The average molecular weight is 273 g/mol. The quantitative estimate of drug-likeness (QED) is 0.835. The number of carbonyl (C=O) groups excluding carboxylic acids is 1. The molecule has 0 aliphatic heterocycles. The van der Waals surface area contributed by atoms with Gasteiger partial charge in [-0.2, -0.15) is 0 Å². The summed E-state index contributed by atoms with van der Waals surface area (Å²) in [5.41, 5.74) is 1.23. The predicted octanol–water partition coefficient (Wildman–Crippen LogP) is 3.63. The van der Waals surface area contributed by atoms with Gasteiger partial charge in [-0.05, 0) is 37.3 Å². The lowest BCUT2D eigenvalue weighted by atomic mass is 10.2. The molecular weight excluding hydrogens is 258 g/mol. The number of benzene rings is 2. The molecule has 2 aromatic carbocycles. The topological polar surface area (TPSA) is 38.3 Å². The van der Waals surface area contributed by atoms with Crippen molar-refractivity contribution in [2.45, 2.75) is 11.8 Å². The normalized spacial score (nSPS) is 10.0. The number of para-hydroxylation sites is 2. The highest BCUT2D eigenvalue weighted by Crippen LogP contribution is 2.24. The van der Waals surface area contributed by atoms with Crippen LogP contribution in [0.3, 0.4) is 0 Å². The SMILES string of the molecule is CCOc1ccccc1NC(=O)c1cccc(S)c1. The van der Waals surface area contributed by atoms with E-state index in [0.717, 1.165) is 4.90 Å². The standard InChI is InChI=1S/C15H15NO2S/c1-2-18-14-9-4-3-8-13(14)16-15(17)11-6-5-7-12(19)10-11/h3-10,19H,2H2,1H3,(H,16,17). The highest BCUT2D eigenvalue weighted by Gasteiger charge is 2.09. The van der Waals surface area contributed by atoms with Gasteiger partial charge in [0.05, 0.1) is 12.3 Å². The molecule has 1 amide bonds. The van der Waals surface area contributed by atoms with E-state index < -0.39 is 0 Å². The number of nitrogens with one attached hydrogen (secondary N) is 1. The fraction of sp³-hybridized carbons (Fsp3) is 0.133. The van der Waals surface area contributed by atoms with Crippen LogP contribution in [0.1, 0.15) is 17.3 Å². The Balaban J connectivity index is 2.19. The number of anilines is 1. The van der Waals surface area contributed by atoms with Crippen molar-refractivity contribution in [3.05, 3.63) is 54.1 Å². The first-order chi connectivity index (χ1) is 9.20. The van der Waals surface area contributed by atoms with Crippen molar-refractivity contribution in [2.75, 3.05) is 11.9 Å². The summed E-state index contributed by atoms with van der Waals surface area (Å²) < 4.78 is 5.47. The van der Waals surface area contributed by atoms with Gasteiger partial charge in [-0.3, -0.25) is 4.79 Å². The first-order valence-corrected chi connectivity index (χ1v) is 6.47. The maximum Gasteiger partial charge on any atom is 0.255 e. The largest absolute Gasteiger partial charge is 0.492 e. The van der Waals surface area contributed by atoms with Gasteiger partial charge in [0.2, 0.25) is 0 Å². The van der Waals surface area contributed by atoms with Crippen LogP contribution in [0.15, 0.2) is 53.4 Å². The van der Waals surface area contributed by atoms with Crippen LogP contribution in [-0.2, 0) is 0 Å². The van der Waals surface area contributed by atoms with Gasteiger partial charge in [-0.25, -0.2) is 0 Å². The van der Waals surface area contributed by atoms with E-state index in [2.05, 4.69) is 17.9 Å². The van der Waals surface area contributed by atoms with Crippen molar-refractivity contribution in [3.8, 4) is 5.75 Å². The van der Waals surface area contributed by atoms with E-state index in [1.54, 1.807) is 18.2 Å². The number of hydrogen-bond acceptors (Lipinski definition) is 3. The molecule has 19 heavy (non-hydrogen) atoms. The lowest BCUT2D eigenvalue weighted by molar-refractivity contribution is 0.102. The van der Waals surface area contributed by atoms with Gasteiger partial charge in [0, 0.05) is 10.5 Å². The highest BCUT2D eigenvalue weighted by atomic mass is 32.1. The number of rotatable bonds is 4. The van der Waals surface area contributed by atoms with Crippen LogP contribution in [-0.4, -0.2) is 12.5 Å². The lowest BCUT2D eigenvalue weighted by Gasteiger charge is -2.11. The van der Waals surface area contributed by atoms with E-state index in [0.29, 0.717) is 23.6 Å². The third-order valence-corrected chi connectivity index (χ3v) is 2.82. The number of ether oxygens (including phenoxy) is 1. The fourth-order valence-corrected chi connectivity index (χ4v) is 1.92. The van der Waals surface area contributed by atoms with Crippen LogP contribution in [0.25, 0.3) is 0 Å². The fourth-order valence-electron chi connectivity index (χ4n) is 1.69. The first-order valence-electron chi connectivity index (χ1n) is 6.03. The van der Waals surface area contributed by atoms with E-state index >= 15 is 0 Å². The highest BCUT2D eigenvalue weighted by molar-refractivity contribution is 7.80. The Morgan fingerprint density at radius 1 is 1.21 bits per heavy atom. The zero-order valence-electron chi connectivity index (χ0n) is 10.6. The Kier molecular flexibility index (Phi) is 4.47. The van der Waals surface area contributed by atoms with E-state index in [-0.39, 0.29) is 5.91 Å². The number of carbonyl (C=O) groups is 1. The van der Waals surface area contributed by atoms with Gasteiger partial charge in [0.1, 0.15) is 5.75 Å². The average Bonchev–Trinajstić information content (AvgIpc) is 2.41. The summed E-state index contributed by atoms with van der Waals surface area (Å²) in [7, 11) is 0. The minimum Gasteiger partial charge on any atom is -0.492 e. The van der Waals surface area contributed by atoms with Crippen LogP contribution in [0.5, 0.6) is 5.75 Å². The molecule has 0 aromatic heterocycles. The molecular formula is C15H15NO2S. The maximum absolute atomic E-state index is 12.1. The van der Waals surface area contributed by atoms with Gasteiger partial charge in [0.25, 0.3) is 5.91 Å². The van der Waals surface area contributed by atoms with Crippen LogP contribution in [0.2, 0.25) is 0 Å². The second-order valence-corrected chi connectivity index (χ2v) is 4.45. The second-order valence-electron chi connectivity index (χ2n) is 3.93. The van der Waals surface area contributed by atoms with E-state index in [1.165, 1.54) is 0 Å². The Morgan fingerprint density at radius 2 is 2.00 bits per heavy atom. The van der Waals surface area contributed by atoms with Gasteiger partial charge in [-0.1, -0.05) is 18.2 Å². The van der Waals surface area contributed by atoms with Gasteiger partial charge >= 0.3 is 0 Å².